The lowest BCUT2D eigenvalue weighted by Gasteiger charge is -2.62. The molecular formula is C41H62N4O4. The number of methoxy groups -OCH3 is 1. The number of hydrogen-bond acceptors (Lipinski definition) is 7. The van der Waals surface area contributed by atoms with Crippen LogP contribution in [0.15, 0.2) is 36.4 Å². The van der Waals surface area contributed by atoms with Crippen molar-refractivity contribution in [2.75, 3.05) is 39.3 Å². The van der Waals surface area contributed by atoms with Crippen molar-refractivity contribution < 1.29 is 19.1 Å². The Hall–Kier alpha value is -2.65. The van der Waals surface area contributed by atoms with Crippen LogP contribution in [0.25, 0.3) is 11.1 Å². The van der Waals surface area contributed by atoms with Crippen LogP contribution in [0.5, 0.6) is 5.75 Å². The first-order chi connectivity index (χ1) is 23.4. The summed E-state index contributed by atoms with van der Waals surface area (Å²) in [6, 6.07) is 12.9. The van der Waals surface area contributed by atoms with E-state index in [1.165, 1.54) is 30.5 Å². The maximum Gasteiger partial charge on any atom is 0.240 e. The largest absolute Gasteiger partial charge is 0.496 e. The van der Waals surface area contributed by atoms with Gasteiger partial charge in [-0.3, -0.25) is 9.63 Å². The number of aryl methyl sites for hydroxylation is 1. The molecule has 3 saturated carbocycles. The topological polar surface area (TPSA) is 89.3 Å². The number of nitrogens with zero attached hydrogens (tertiary/aromatic N) is 2. The number of anilines is 1. The van der Waals surface area contributed by atoms with Gasteiger partial charge in [-0.15, -0.1) is 0 Å². The Kier molecular flexibility index (Phi) is 11.0. The number of hydrogen-bond donors (Lipinski definition) is 2. The van der Waals surface area contributed by atoms with E-state index < -0.39 is 6.04 Å². The maximum absolute atomic E-state index is 14.4. The van der Waals surface area contributed by atoms with Crippen molar-refractivity contribution in [1.82, 2.24) is 10.4 Å². The van der Waals surface area contributed by atoms with Crippen molar-refractivity contribution in [1.29, 1.82) is 0 Å². The maximum atomic E-state index is 14.4. The molecule has 2 aromatic rings. The standard InChI is InChI=1S/C41H62N4O4/c1-25(2)37-36(23-42)49-45(38(37)40(46)43-35-22-30-21-34(26(35)3)41(30,4)5)24-28-13-10-16-33(39(28)47-8)29-18-27(19-31(20-29)44(6)7)12-9-14-32-15-11-17-48-32/h10,13,16,18-20,25-26,30,32,34-38H,9,11-12,14-15,17,21-24,42H2,1-8H3,(H,43,46)/t26-,30+,32-,34-,35-,36-,37+,38-/m0/s1. The van der Waals surface area contributed by atoms with Crippen LogP contribution >= 0.6 is 0 Å². The first-order valence-corrected chi connectivity index (χ1v) is 19.0. The fourth-order valence-corrected chi connectivity index (χ4v) is 9.73. The number of carbonyl (C=O) groups is 1. The van der Waals surface area contributed by atoms with Gasteiger partial charge in [0.05, 0.1) is 25.9 Å². The zero-order chi connectivity index (χ0) is 35.0. The molecule has 2 saturated heterocycles. The van der Waals surface area contributed by atoms with Crippen LogP contribution < -0.4 is 20.7 Å². The number of amides is 1. The van der Waals surface area contributed by atoms with Gasteiger partial charge in [-0.2, -0.15) is 5.06 Å². The SMILES string of the molecule is COc1c(CN2O[C@@H](CN)[C@@H](C(C)C)[C@H]2C(=O)N[C@H]2C[C@H]3C[C@@H]([C@@H]2C)C3(C)C)cccc1-c1cc(CCC[C@H]2CCCO2)cc(N(C)C)c1. The van der Waals surface area contributed by atoms with E-state index in [4.69, 9.17) is 20.0 Å². The van der Waals surface area contributed by atoms with E-state index in [1.807, 2.05) is 5.06 Å². The smallest absolute Gasteiger partial charge is 0.240 e. The molecule has 8 atom stereocenters. The number of ether oxygens (including phenoxy) is 2. The van der Waals surface area contributed by atoms with Crippen LogP contribution in [0, 0.1) is 35.0 Å². The molecule has 0 unspecified atom stereocenters. The molecule has 270 valence electrons. The summed E-state index contributed by atoms with van der Waals surface area (Å²) >= 11 is 0. The average Bonchev–Trinajstić information content (AvgIpc) is 3.73. The molecule has 7 rings (SSSR count). The lowest BCUT2D eigenvalue weighted by molar-refractivity contribution is -0.175. The molecule has 5 fully saturated rings. The van der Waals surface area contributed by atoms with Crippen molar-refractivity contribution in [2.45, 2.75) is 110 Å². The molecule has 2 aliphatic heterocycles. The Bertz CT molecular complexity index is 1450. The molecule has 8 nitrogen and oxygen atoms in total. The molecule has 3 aliphatic carbocycles. The zero-order valence-electron chi connectivity index (χ0n) is 31.3. The van der Waals surface area contributed by atoms with Crippen LogP contribution in [-0.4, -0.2) is 69.6 Å². The average molecular weight is 675 g/mol. The zero-order valence-corrected chi connectivity index (χ0v) is 31.3. The highest BCUT2D eigenvalue weighted by Crippen LogP contribution is 2.61. The van der Waals surface area contributed by atoms with E-state index in [0.29, 0.717) is 42.4 Å². The molecule has 1 amide bonds. The molecule has 5 aliphatic rings. The molecule has 2 aromatic carbocycles. The van der Waals surface area contributed by atoms with Crippen LogP contribution in [0.3, 0.4) is 0 Å². The number of para-hydroxylation sites is 1. The third kappa shape index (κ3) is 7.26. The molecule has 8 heteroatoms. The number of nitrogens with one attached hydrogen (secondary N) is 1. The van der Waals surface area contributed by atoms with Crippen molar-refractivity contribution in [3.05, 3.63) is 47.5 Å². The Balaban J connectivity index is 1.25. The third-order valence-electron chi connectivity index (χ3n) is 12.8. The monoisotopic (exact) mass is 674 g/mol. The number of fused-ring (bicyclic) bond motifs is 2. The minimum atomic E-state index is -0.437. The number of carbonyl (C=O) groups excluding carboxylic acids is 1. The summed E-state index contributed by atoms with van der Waals surface area (Å²) < 4.78 is 12.1. The minimum Gasteiger partial charge on any atom is -0.496 e. The van der Waals surface area contributed by atoms with Gasteiger partial charge in [-0.1, -0.05) is 58.9 Å². The van der Waals surface area contributed by atoms with Gasteiger partial charge in [0.15, 0.2) is 0 Å². The summed E-state index contributed by atoms with van der Waals surface area (Å²) in [6.45, 7) is 13.2. The summed E-state index contributed by atoms with van der Waals surface area (Å²) in [5, 5.41) is 5.44. The summed E-state index contributed by atoms with van der Waals surface area (Å²) in [7, 11) is 5.93. The van der Waals surface area contributed by atoms with Crippen molar-refractivity contribution >= 4 is 11.6 Å². The molecule has 0 spiro atoms. The van der Waals surface area contributed by atoms with Crippen LogP contribution in [0.4, 0.5) is 5.69 Å². The van der Waals surface area contributed by atoms with E-state index in [0.717, 1.165) is 54.7 Å². The van der Waals surface area contributed by atoms with E-state index in [2.05, 4.69) is 95.3 Å². The van der Waals surface area contributed by atoms with Crippen LogP contribution in [0.1, 0.15) is 84.3 Å². The molecule has 2 heterocycles. The van der Waals surface area contributed by atoms with Gasteiger partial charge in [-0.05, 0) is 97.3 Å². The molecule has 49 heavy (non-hydrogen) atoms. The normalized spacial score (nSPS) is 30.7. The third-order valence-corrected chi connectivity index (χ3v) is 12.8. The highest BCUT2D eigenvalue weighted by molar-refractivity contribution is 5.83. The number of hydroxylamine groups is 2. The van der Waals surface area contributed by atoms with Gasteiger partial charge in [-0.25, -0.2) is 0 Å². The van der Waals surface area contributed by atoms with Crippen molar-refractivity contribution in [3.63, 3.8) is 0 Å². The Labute approximate surface area is 295 Å². The molecule has 0 aromatic heterocycles. The van der Waals surface area contributed by atoms with Crippen molar-refractivity contribution in [2.24, 2.45) is 40.7 Å². The lowest BCUT2D eigenvalue weighted by atomic mass is 9.45. The number of rotatable bonds is 13. The van der Waals surface area contributed by atoms with E-state index in [1.54, 1.807) is 7.11 Å². The molecule has 3 N–H and O–H groups in total. The second-order valence-corrected chi connectivity index (χ2v) is 16.6. The Morgan fingerprint density at radius 3 is 2.61 bits per heavy atom. The van der Waals surface area contributed by atoms with Crippen LogP contribution in [0.2, 0.25) is 0 Å². The predicted molar refractivity (Wildman–Crippen MR) is 197 cm³/mol. The van der Waals surface area contributed by atoms with Gasteiger partial charge in [0.2, 0.25) is 5.91 Å². The molecule has 2 bridgehead atoms. The lowest BCUT2D eigenvalue weighted by Crippen LogP contribution is -2.62. The fourth-order valence-electron chi connectivity index (χ4n) is 9.73. The summed E-state index contributed by atoms with van der Waals surface area (Å²) in [4.78, 5) is 23.1. The summed E-state index contributed by atoms with van der Waals surface area (Å²) in [5.74, 6) is 2.87. The molecule has 0 radical (unpaired) electrons. The number of nitrogens with two attached hydrogens (primary N) is 1. The summed E-state index contributed by atoms with van der Waals surface area (Å²) in [6.07, 6.45) is 8.09. The van der Waals surface area contributed by atoms with E-state index in [9.17, 15) is 4.79 Å². The van der Waals surface area contributed by atoms with Gasteiger partial charge >= 0.3 is 0 Å². The Morgan fingerprint density at radius 1 is 1.18 bits per heavy atom. The highest BCUT2D eigenvalue weighted by atomic mass is 16.7. The highest BCUT2D eigenvalue weighted by Gasteiger charge is 2.57. The minimum absolute atomic E-state index is 0.0157. The first-order valence-electron chi connectivity index (χ1n) is 19.0. The predicted octanol–water partition coefficient (Wildman–Crippen LogP) is 6.83. The quantitative estimate of drug-likeness (QED) is 0.241. The Morgan fingerprint density at radius 2 is 1.98 bits per heavy atom. The van der Waals surface area contributed by atoms with Gasteiger partial charge < -0.3 is 25.4 Å². The summed E-state index contributed by atoms with van der Waals surface area (Å²) in [5.41, 5.74) is 12.3. The van der Waals surface area contributed by atoms with Gasteiger partial charge in [0, 0.05) is 56.0 Å². The first kappa shape index (κ1) is 36.2. The molecular weight excluding hydrogens is 612 g/mol. The van der Waals surface area contributed by atoms with Gasteiger partial charge in [0.25, 0.3) is 0 Å². The van der Waals surface area contributed by atoms with E-state index >= 15 is 0 Å². The number of benzene rings is 2. The second-order valence-electron chi connectivity index (χ2n) is 16.6. The fraction of sp³-hybridized carbons (Fsp3) is 0.683. The second kappa shape index (κ2) is 14.9. The van der Waals surface area contributed by atoms with Crippen LogP contribution in [-0.2, 0) is 27.3 Å². The van der Waals surface area contributed by atoms with Crippen molar-refractivity contribution in [3.8, 4) is 16.9 Å². The van der Waals surface area contributed by atoms with Gasteiger partial charge in [0.1, 0.15) is 11.8 Å². The van der Waals surface area contributed by atoms with E-state index in [-0.39, 0.29) is 29.9 Å².